The van der Waals surface area contributed by atoms with Gasteiger partial charge in [0.25, 0.3) is 5.89 Å². The molecule has 3 aromatic rings. The summed E-state index contributed by atoms with van der Waals surface area (Å²) in [5.74, 6) is -4.58. The van der Waals surface area contributed by atoms with Crippen LogP contribution < -0.4 is 9.64 Å². The summed E-state index contributed by atoms with van der Waals surface area (Å²) < 4.78 is 73.6. The van der Waals surface area contributed by atoms with Crippen molar-refractivity contribution in [2.75, 3.05) is 11.4 Å². The Morgan fingerprint density at radius 1 is 1.08 bits per heavy atom. The van der Waals surface area contributed by atoms with Crippen LogP contribution in [0.5, 0.6) is 5.75 Å². The Kier molecular flexibility index (Phi) is 9.98. The summed E-state index contributed by atoms with van der Waals surface area (Å²) >= 11 is 0. The lowest BCUT2D eigenvalue weighted by atomic mass is 10.0. The minimum Gasteiger partial charge on any atom is -0.435 e. The van der Waals surface area contributed by atoms with E-state index < -0.39 is 24.3 Å². The highest BCUT2D eigenvalue weighted by atomic mass is 19.3. The molecule has 38 heavy (non-hydrogen) atoms. The standard InChI is InChI=1S/C27H28F5N3O3/c1-18(28)10-15-24(36)35(16-5-3-4-9-23-33-25(38-34-23)27(2,31)32)21-8-6-7-20(17-21)19-11-13-22(14-12-19)37-26(29)30/h6-8,11-14,17,26H,1,3-5,9-10,15-16H2,2H3. The Morgan fingerprint density at radius 2 is 1.82 bits per heavy atom. The summed E-state index contributed by atoms with van der Waals surface area (Å²) in [4.78, 5) is 18.2. The quantitative estimate of drug-likeness (QED) is 0.158. The molecule has 0 saturated carbocycles. The molecule has 0 N–H and O–H groups in total. The normalized spacial score (nSPS) is 11.6. The van der Waals surface area contributed by atoms with Crippen molar-refractivity contribution in [3.05, 3.63) is 72.7 Å². The van der Waals surface area contributed by atoms with Gasteiger partial charge in [0.1, 0.15) is 5.75 Å². The van der Waals surface area contributed by atoms with Gasteiger partial charge in [-0.25, -0.2) is 4.39 Å². The fraction of sp³-hybridized carbons (Fsp3) is 0.370. The minimum atomic E-state index is -3.20. The van der Waals surface area contributed by atoms with E-state index in [4.69, 9.17) is 0 Å². The molecular formula is C27H28F5N3O3. The number of aromatic nitrogens is 2. The molecule has 0 aliphatic heterocycles. The molecule has 0 bridgehead atoms. The van der Waals surface area contributed by atoms with Crippen LogP contribution in [0.2, 0.25) is 0 Å². The summed E-state index contributed by atoms with van der Waals surface area (Å²) in [6, 6.07) is 13.2. The maximum Gasteiger partial charge on any atom is 0.387 e. The molecule has 1 heterocycles. The molecule has 0 spiro atoms. The number of aryl methyl sites for hydroxylation is 1. The number of nitrogens with zero attached hydrogens (tertiary/aromatic N) is 3. The second kappa shape index (κ2) is 13.2. The topological polar surface area (TPSA) is 68.5 Å². The smallest absolute Gasteiger partial charge is 0.387 e. The van der Waals surface area contributed by atoms with Gasteiger partial charge < -0.3 is 14.2 Å². The fourth-order valence-corrected chi connectivity index (χ4v) is 3.72. The summed E-state index contributed by atoms with van der Waals surface area (Å²) in [7, 11) is 0. The second-order valence-corrected chi connectivity index (χ2v) is 8.73. The lowest BCUT2D eigenvalue weighted by Gasteiger charge is -2.24. The van der Waals surface area contributed by atoms with Gasteiger partial charge in [0, 0.05) is 38.4 Å². The van der Waals surface area contributed by atoms with Crippen LogP contribution in [-0.2, 0) is 17.1 Å². The van der Waals surface area contributed by atoms with Gasteiger partial charge in [-0.1, -0.05) is 42.4 Å². The van der Waals surface area contributed by atoms with Crippen LogP contribution >= 0.6 is 0 Å². The van der Waals surface area contributed by atoms with Crippen molar-refractivity contribution >= 4 is 11.6 Å². The average molecular weight is 538 g/mol. The van der Waals surface area contributed by atoms with Crippen molar-refractivity contribution in [2.45, 2.75) is 58.0 Å². The predicted octanol–water partition coefficient (Wildman–Crippen LogP) is 7.46. The maximum absolute atomic E-state index is 13.3. The predicted molar refractivity (Wildman–Crippen MR) is 132 cm³/mol. The van der Waals surface area contributed by atoms with Crippen LogP contribution in [0.1, 0.15) is 50.7 Å². The molecule has 0 saturated heterocycles. The van der Waals surface area contributed by atoms with E-state index in [-0.39, 0.29) is 30.3 Å². The number of halogens is 5. The highest BCUT2D eigenvalue weighted by Gasteiger charge is 2.31. The fourth-order valence-electron chi connectivity index (χ4n) is 3.72. The third kappa shape index (κ3) is 8.67. The number of carbonyl (C=O) groups excluding carboxylic acids is 1. The number of rotatable bonds is 14. The summed E-state index contributed by atoms with van der Waals surface area (Å²) in [5, 5.41) is 3.57. The van der Waals surface area contributed by atoms with Crippen LogP contribution in [0.15, 0.2) is 65.5 Å². The number of unbranched alkanes of at least 4 members (excludes halogenated alkanes) is 2. The summed E-state index contributed by atoms with van der Waals surface area (Å²) in [5.41, 5.74) is 2.08. The number of hydrogen-bond donors (Lipinski definition) is 0. The SMILES string of the molecule is C=C(F)CCC(=O)N(CCCCCc1noc(C(C)(F)F)n1)c1cccc(-c2ccc(OC(F)F)cc2)c1. The van der Waals surface area contributed by atoms with Crippen molar-refractivity contribution in [1.29, 1.82) is 0 Å². The third-order valence-corrected chi connectivity index (χ3v) is 5.61. The number of anilines is 1. The van der Waals surface area contributed by atoms with Crippen molar-refractivity contribution in [2.24, 2.45) is 0 Å². The Balaban J connectivity index is 1.66. The van der Waals surface area contributed by atoms with E-state index in [1.807, 2.05) is 6.07 Å². The van der Waals surface area contributed by atoms with Crippen molar-refractivity contribution in [3.8, 4) is 16.9 Å². The average Bonchev–Trinajstić information content (AvgIpc) is 3.35. The van der Waals surface area contributed by atoms with Gasteiger partial charge >= 0.3 is 12.5 Å². The van der Waals surface area contributed by atoms with Crippen LogP contribution in [0.3, 0.4) is 0 Å². The van der Waals surface area contributed by atoms with Gasteiger partial charge in [0.2, 0.25) is 5.91 Å². The molecule has 2 aromatic carbocycles. The van der Waals surface area contributed by atoms with E-state index in [2.05, 4.69) is 26.0 Å². The zero-order valence-corrected chi connectivity index (χ0v) is 20.8. The number of ether oxygens (including phenoxy) is 1. The molecule has 1 aromatic heterocycles. The lowest BCUT2D eigenvalue weighted by Crippen LogP contribution is -2.31. The molecule has 0 atom stereocenters. The highest BCUT2D eigenvalue weighted by molar-refractivity contribution is 5.94. The van der Waals surface area contributed by atoms with E-state index in [0.29, 0.717) is 44.8 Å². The van der Waals surface area contributed by atoms with E-state index in [1.54, 1.807) is 35.2 Å². The number of allylic oxidation sites excluding steroid dienone is 1. The number of carbonyl (C=O) groups is 1. The number of hydrogen-bond acceptors (Lipinski definition) is 5. The van der Waals surface area contributed by atoms with Gasteiger partial charge in [-0.2, -0.15) is 22.5 Å². The monoisotopic (exact) mass is 537 g/mol. The number of alkyl halides is 4. The largest absolute Gasteiger partial charge is 0.435 e. The molecule has 0 fully saturated rings. The number of benzene rings is 2. The molecule has 204 valence electrons. The Bertz CT molecular complexity index is 1210. The molecule has 0 unspecified atom stereocenters. The highest BCUT2D eigenvalue weighted by Crippen LogP contribution is 2.28. The Labute approximate surface area is 217 Å². The molecule has 1 amide bonds. The van der Waals surface area contributed by atoms with Gasteiger partial charge in [-0.3, -0.25) is 4.79 Å². The zero-order chi connectivity index (χ0) is 27.7. The first-order chi connectivity index (χ1) is 18.0. The van der Waals surface area contributed by atoms with Crippen LogP contribution in [-0.4, -0.2) is 29.2 Å². The van der Waals surface area contributed by atoms with Gasteiger partial charge in [0.05, 0.1) is 5.83 Å². The molecule has 0 aliphatic carbocycles. The zero-order valence-electron chi connectivity index (χ0n) is 20.8. The molecule has 0 radical (unpaired) electrons. The number of amides is 1. The summed E-state index contributed by atoms with van der Waals surface area (Å²) in [6.45, 7) is 1.31. The lowest BCUT2D eigenvalue weighted by molar-refractivity contribution is -0.118. The van der Waals surface area contributed by atoms with E-state index in [9.17, 15) is 26.7 Å². The van der Waals surface area contributed by atoms with Crippen molar-refractivity contribution < 1.29 is 36.0 Å². The molecule has 3 rings (SSSR count). The first kappa shape index (κ1) is 28.8. The Morgan fingerprint density at radius 3 is 2.45 bits per heavy atom. The Hall–Kier alpha value is -3.76. The molecular weight excluding hydrogens is 509 g/mol. The van der Waals surface area contributed by atoms with E-state index in [1.165, 1.54) is 12.1 Å². The first-order valence-electron chi connectivity index (χ1n) is 12.0. The molecule has 0 aliphatic rings. The third-order valence-electron chi connectivity index (χ3n) is 5.61. The van der Waals surface area contributed by atoms with Crippen molar-refractivity contribution in [1.82, 2.24) is 10.1 Å². The molecule has 11 heteroatoms. The van der Waals surface area contributed by atoms with E-state index in [0.717, 1.165) is 11.1 Å². The molecule has 6 nitrogen and oxygen atoms in total. The summed E-state index contributed by atoms with van der Waals surface area (Å²) in [6.07, 6.45) is 2.01. The van der Waals surface area contributed by atoms with Crippen LogP contribution in [0.4, 0.5) is 27.6 Å². The van der Waals surface area contributed by atoms with Crippen LogP contribution in [0.25, 0.3) is 11.1 Å². The van der Waals surface area contributed by atoms with Crippen molar-refractivity contribution in [3.63, 3.8) is 0 Å². The van der Waals surface area contributed by atoms with Gasteiger partial charge in [-0.05, 0) is 48.2 Å². The maximum atomic E-state index is 13.3. The van der Waals surface area contributed by atoms with E-state index >= 15 is 0 Å². The van der Waals surface area contributed by atoms with Gasteiger partial charge in [-0.15, -0.1) is 0 Å². The second-order valence-electron chi connectivity index (χ2n) is 8.73. The first-order valence-corrected chi connectivity index (χ1v) is 12.0. The van der Waals surface area contributed by atoms with Gasteiger partial charge in [0.15, 0.2) is 5.82 Å². The minimum absolute atomic E-state index is 0.0311. The van der Waals surface area contributed by atoms with Crippen LogP contribution in [0, 0.1) is 0 Å².